The Morgan fingerprint density at radius 2 is 1.92 bits per heavy atom. The first-order valence-corrected chi connectivity index (χ1v) is 8.38. The summed E-state index contributed by atoms with van der Waals surface area (Å²) < 4.78 is 11.6. The molecule has 0 saturated carbocycles. The largest absolute Gasteiger partial charge is 0.504 e. The Labute approximate surface area is 149 Å². The molecule has 130 valence electrons. The topological polar surface area (TPSA) is 38.7 Å². The molecule has 1 N–H and O–H groups in total. The molecule has 0 saturated heterocycles. The van der Waals surface area contributed by atoms with Gasteiger partial charge < -0.3 is 14.6 Å². The summed E-state index contributed by atoms with van der Waals surface area (Å²) in [5.74, 6) is 1.23. The average Bonchev–Trinajstić information content (AvgIpc) is 2.54. The van der Waals surface area contributed by atoms with Crippen LogP contribution in [0.3, 0.4) is 0 Å². The zero-order chi connectivity index (χ0) is 18.2. The number of ether oxygens (including phenoxy) is 2. The lowest BCUT2D eigenvalue weighted by atomic mass is 9.83. The van der Waals surface area contributed by atoms with E-state index in [1.54, 1.807) is 12.1 Å². The van der Waals surface area contributed by atoms with Gasteiger partial charge in [0, 0.05) is 17.2 Å². The summed E-state index contributed by atoms with van der Waals surface area (Å²) in [4.78, 5) is 0. The van der Waals surface area contributed by atoms with Crippen molar-refractivity contribution in [3.05, 3.63) is 65.3 Å². The van der Waals surface area contributed by atoms with Gasteiger partial charge in [-0.25, -0.2) is 0 Å². The Kier molecular flexibility index (Phi) is 4.34. The van der Waals surface area contributed by atoms with E-state index in [2.05, 4.69) is 58.0 Å². The summed E-state index contributed by atoms with van der Waals surface area (Å²) in [6, 6.07) is 9.79. The molecule has 25 heavy (non-hydrogen) atoms. The molecule has 2 aromatic carbocycles. The van der Waals surface area contributed by atoms with Crippen LogP contribution in [0.1, 0.15) is 31.9 Å². The highest BCUT2D eigenvalue weighted by atomic mass is 16.5. The maximum absolute atomic E-state index is 10.2. The van der Waals surface area contributed by atoms with E-state index >= 15 is 0 Å². The van der Waals surface area contributed by atoms with Gasteiger partial charge in [0.15, 0.2) is 17.1 Å². The average molecular weight is 336 g/mol. The summed E-state index contributed by atoms with van der Waals surface area (Å²) in [6.07, 6.45) is 6.16. The normalized spacial score (nSPS) is 18.3. The third-order valence-corrected chi connectivity index (χ3v) is 4.45. The Hall–Kier alpha value is -2.68. The zero-order valence-corrected chi connectivity index (χ0v) is 15.4. The van der Waals surface area contributed by atoms with Gasteiger partial charge in [-0.3, -0.25) is 0 Å². The number of aryl methyl sites for hydroxylation is 1. The fraction of sp³-hybridized carbons (Fsp3) is 0.273. The van der Waals surface area contributed by atoms with Gasteiger partial charge in [-0.1, -0.05) is 41.5 Å². The Morgan fingerprint density at radius 1 is 1.16 bits per heavy atom. The molecule has 0 aliphatic carbocycles. The quantitative estimate of drug-likeness (QED) is 0.752. The number of methoxy groups -OCH3 is 1. The lowest BCUT2D eigenvalue weighted by molar-refractivity contribution is 0.137. The lowest BCUT2D eigenvalue weighted by Crippen LogP contribution is -2.30. The molecule has 1 heterocycles. The van der Waals surface area contributed by atoms with Crippen LogP contribution in [0.25, 0.3) is 11.1 Å². The molecule has 3 nitrogen and oxygen atoms in total. The number of aromatic hydroxyl groups is 1. The number of phenols is 1. The first-order valence-electron chi connectivity index (χ1n) is 8.38. The number of rotatable bonds is 3. The van der Waals surface area contributed by atoms with Crippen LogP contribution in [0.15, 0.2) is 54.1 Å². The van der Waals surface area contributed by atoms with Crippen molar-refractivity contribution in [2.75, 3.05) is 7.11 Å². The van der Waals surface area contributed by atoms with Gasteiger partial charge in [0.2, 0.25) is 0 Å². The standard InChI is InChI=1S/C22H24O3/c1-14(2)7-6-10-22(4)18-9-8-15(3)11-16(18)17-12-19(23)21(24-5)13-20(17)25-22/h6-13,23H,1-5H3/b10-6+/t22-/m1/s1. The smallest absolute Gasteiger partial charge is 0.164 e. The number of phenolic OH excluding ortho intramolecular Hbond substituents is 1. The summed E-state index contributed by atoms with van der Waals surface area (Å²) in [5.41, 5.74) is 4.83. The highest BCUT2D eigenvalue weighted by Gasteiger charge is 2.35. The molecule has 1 aliphatic heterocycles. The fourth-order valence-electron chi connectivity index (χ4n) is 3.15. The van der Waals surface area contributed by atoms with Crippen molar-refractivity contribution < 1.29 is 14.6 Å². The number of hydrogen-bond acceptors (Lipinski definition) is 3. The molecule has 3 rings (SSSR count). The highest BCUT2D eigenvalue weighted by molar-refractivity contribution is 5.80. The van der Waals surface area contributed by atoms with E-state index in [9.17, 15) is 5.11 Å². The van der Waals surface area contributed by atoms with Crippen LogP contribution in [0.5, 0.6) is 17.2 Å². The SMILES string of the molecule is COc1cc2c(cc1O)-c1cc(C)ccc1[C@@](C)(/C=C/C=C(C)C)O2. The molecule has 0 fully saturated rings. The zero-order valence-electron chi connectivity index (χ0n) is 15.4. The van der Waals surface area contributed by atoms with E-state index in [-0.39, 0.29) is 5.75 Å². The van der Waals surface area contributed by atoms with E-state index in [1.165, 1.54) is 12.7 Å². The molecule has 1 aliphatic rings. The van der Waals surface area contributed by atoms with Crippen LogP contribution in [0, 0.1) is 6.92 Å². The maximum Gasteiger partial charge on any atom is 0.164 e. The molecule has 3 heteroatoms. The second-order valence-electron chi connectivity index (χ2n) is 6.88. The van der Waals surface area contributed by atoms with Crippen molar-refractivity contribution in [3.63, 3.8) is 0 Å². The summed E-state index contributed by atoms with van der Waals surface area (Å²) in [5, 5.41) is 10.2. The van der Waals surface area contributed by atoms with Gasteiger partial charge in [0.25, 0.3) is 0 Å². The van der Waals surface area contributed by atoms with Crippen molar-refractivity contribution >= 4 is 0 Å². The molecule has 0 radical (unpaired) electrons. The monoisotopic (exact) mass is 336 g/mol. The Bertz CT molecular complexity index is 873. The minimum atomic E-state index is -0.593. The van der Waals surface area contributed by atoms with Crippen molar-refractivity contribution in [1.29, 1.82) is 0 Å². The minimum absolute atomic E-state index is 0.112. The number of fused-ring (bicyclic) bond motifs is 3. The molecular formula is C22H24O3. The number of hydrogen-bond donors (Lipinski definition) is 1. The van der Waals surface area contributed by atoms with Crippen molar-refractivity contribution in [2.24, 2.45) is 0 Å². The Balaban J connectivity index is 2.21. The summed E-state index contributed by atoms with van der Waals surface area (Å²) >= 11 is 0. The van der Waals surface area contributed by atoms with Crippen molar-refractivity contribution in [1.82, 2.24) is 0 Å². The number of benzene rings is 2. The Morgan fingerprint density at radius 3 is 2.60 bits per heavy atom. The molecule has 0 unspecified atom stereocenters. The maximum atomic E-state index is 10.2. The van der Waals surface area contributed by atoms with Gasteiger partial charge in [-0.05, 0) is 45.4 Å². The second-order valence-corrected chi connectivity index (χ2v) is 6.88. The van der Waals surface area contributed by atoms with Crippen LogP contribution in [0.2, 0.25) is 0 Å². The van der Waals surface area contributed by atoms with Crippen molar-refractivity contribution in [2.45, 2.75) is 33.3 Å². The van der Waals surface area contributed by atoms with Crippen LogP contribution in [-0.4, -0.2) is 12.2 Å². The fourth-order valence-corrected chi connectivity index (χ4v) is 3.15. The molecule has 1 atom stereocenters. The van der Waals surface area contributed by atoms with Gasteiger partial charge in [0.1, 0.15) is 5.75 Å². The van der Waals surface area contributed by atoms with Gasteiger partial charge >= 0.3 is 0 Å². The highest BCUT2D eigenvalue weighted by Crippen LogP contribution is 2.49. The molecule has 0 amide bonds. The predicted octanol–water partition coefficient (Wildman–Crippen LogP) is 5.51. The van der Waals surface area contributed by atoms with Crippen LogP contribution in [-0.2, 0) is 5.60 Å². The molecular weight excluding hydrogens is 312 g/mol. The molecule has 2 aromatic rings. The first-order chi connectivity index (χ1) is 11.8. The van der Waals surface area contributed by atoms with E-state index < -0.39 is 5.60 Å². The van der Waals surface area contributed by atoms with Gasteiger partial charge in [-0.2, -0.15) is 0 Å². The van der Waals surface area contributed by atoms with Crippen LogP contribution in [0.4, 0.5) is 0 Å². The van der Waals surface area contributed by atoms with Crippen LogP contribution >= 0.6 is 0 Å². The first kappa shape index (κ1) is 17.2. The van der Waals surface area contributed by atoms with Crippen molar-refractivity contribution in [3.8, 4) is 28.4 Å². The van der Waals surface area contributed by atoms with Gasteiger partial charge in [0.05, 0.1) is 7.11 Å². The predicted molar refractivity (Wildman–Crippen MR) is 101 cm³/mol. The summed E-state index contributed by atoms with van der Waals surface area (Å²) in [6.45, 7) is 8.25. The molecule has 0 spiro atoms. The lowest BCUT2D eigenvalue weighted by Gasteiger charge is -2.36. The second kappa shape index (κ2) is 6.32. The molecule has 0 aromatic heterocycles. The number of allylic oxidation sites excluding steroid dienone is 3. The van der Waals surface area contributed by atoms with E-state index in [1.807, 2.05) is 6.08 Å². The third-order valence-electron chi connectivity index (χ3n) is 4.45. The third kappa shape index (κ3) is 3.14. The summed E-state index contributed by atoms with van der Waals surface area (Å²) in [7, 11) is 1.54. The van der Waals surface area contributed by atoms with E-state index in [4.69, 9.17) is 9.47 Å². The van der Waals surface area contributed by atoms with E-state index in [0.717, 1.165) is 22.3 Å². The van der Waals surface area contributed by atoms with Crippen LogP contribution < -0.4 is 9.47 Å². The van der Waals surface area contributed by atoms with E-state index in [0.29, 0.717) is 11.5 Å². The minimum Gasteiger partial charge on any atom is -0.504 e. The molecule has 0 bridgehead atoms. The van der Waals surface area contributed by atoms with Gasteiger partial charge in [-0.15, -0.1) is 0 Å².